The maximum absolute atomic E-state index is 4.67. The molecule has 0 amide bonds. The van der Waals surface area contributed by atoms with Gasteiger partial charge < -0.3 is 9.80 Å². The Morgan fingerprint density at radius 1 is 1.09 bits per heavy atom. The molecule has 5 nitrogen and oxygen atoms in total. The van der Waals surface area contributed by atoms with Crippen molar-refractivity contribution in [2.45, 2.75) is 0 Å². The maximum atomic E-state index is 4.67. The highest BCUT2D eigenvalue weighted by atomic mass is 32.1. The Labute approximate surface area is 139 Å². The van der Waals surface area contributed by atoms with Crippen molar-refractivity contribution in [3.8, 4) is 21.7 Å². The van der Waals surface area contributed by atoms with Gasteiger partial charge in [-0.25, -0.2) is 0 Å². The average molecular weight is 325 g/mol. The van der Waals surface area contributed by atoms with Gasteiger partial charge in [0.25, 0.3) is 0 Å². The summed E-state index contributed by atoms with van der Waals surface area (Å²) in [6.07, 6.45) is 3.68. The quantitative estimate of drug-likeness (QED) is 0.804. The monoisotopic (exact) mass is 325 g/mol. The second-order valence-electron chi connectivity index (χ2n) is 5.80. The van der Waals surface area contributed by atoms with Crippen LogP contribution in [0.25, 0.3) is 21.7 Å². The van der Waals surface area contributed by atoms with Crippen LogP contribution in [0.2, 0.25) is 0 Å². The van der Waals surface area contributed by atoms with Crippen molar-refractivity contribution in [1.82, 2.24) is 20.1 Å². The third-order valence-corrected chi connectivity index (χ3v) is 5.17. The molecule has 0 bridgehead atoms. The maximum Gasteiger partial charge on any atom is 0.159 e. The van der Waals surface area contributed by atoms with E-state index in [1.54, 1.807) is 11.3 Å². The van der Waals surface area contributed by atoms with Crippen LogP contribution in [-0.2, 0) is 0 Å². The Morgan fingerprint density at radius 2 is 1.87 bits per heavy atom. The molecule has 0 saturated carbocycles. The van der Waals surface area contributed by atoms with Crippen LogP contribution >= 0.6 is 11.3 Å². The Hall–Kier alpha value is -2.18. The number of nitrogens with one attached hydrogen (secondary N) is 1. The first kappa shape index (κ1) is 14.4. The zero-order valence-corrected chi connectivity index (χ0v) is 13.9. The molecule has 0 spiro atoms. The largest absolute Gasteiger partial charge is 0.352 e. The molecule has 4 rings (SSSR count). The third-order valence-electron chi connectivity index (χ3n) is 4.29. The van der Waals surface area contributed by atoms with E-state index in [1.165, 1.54) is 10.4 Å². The minimum absolute atomic E-state index is 1.00. The fourth-order valence-corrected chi connectivity index (χ4v) is 3.70. The summed E-state index contributed by atoms with van der Waals surface area (Å²) in [6.45, 7) is 4.14. The predicted molar refractivity (Wildman–Crippen MR) is 94.8 cm³/mol. The van der Waals surface area contributed by atoms with Crippen molar-refractivity contribution in [2.24, 2.45) is 0 Å². The Morgan fingerprint density at radius 3 is 2.57 bits per heavy atom. The van der Waals surface area contributed by atoms with Crippen molar-refractivity contribution in [1.29, 1.82) is 0 Å². The number of piperazine rings is 1. The number of pyridine rings is 1. The highest BCUT2D eigenvalue weighted by Crippen LogP contribution is 2.39. The zero-order chi connectivity index (χ0) is 15.6. The standard InChI is InChI=1S/C17H19N5S/c1-21-8-10-22(11-9-21)17-15(13-4-6-18-7-5-13)16(19-20-17)14-3-2-12-23-14/h2-7,12H,8-11H2,1H3,(H,19,20). The summed E-state index contributed by atoms with van der Waals surface area (Å²) >= 11 is 1.73. The van der Waals surface area contributed by atoms with Crippen LogP contribution in [0.4, 0.5) is 5.82 Å². The number of aromatic amines is 1. The summed E-state index contributed by atoms with van der Waals surface area (Å²) in [6, 6.07) is 8.33. The number of hydrogen-bond acceptors (Lipinski definition) is 5. The smallest absolute Gasteiger partial charge is 0.159 e. The molecule has 1 fully saturated rings. The first-order valence-electron chi connectivity index (χ1n) is 7.79. The van der Waals surface area contributed by atoms with E-state index >= 15 is 0 Å². The molecule has 1 aliphatic heterocycles. The number of nitrogens with zero attached hydrogens (tertiary/aromatic N) is 4. The van der Waals surface area contributed by atoms with Gasteiger partial charge in [0, 0.05) is 38.6 Å². The van der Waals surface area contributed by atoms with Crippen molar-refractivity contribution in [2.75, 3.05) is 38.1 Å². The van der Waals surface area contributed by atoms with E-state index < -0.39 is 0 Å². The molecule has 118 valence electrons. The lowest BCUT2D eigenvalue weighted by atomic mass is 10.1. The van der Waals surface area contributed by atoms with Crippen LogP contribution in [0.5, 0.6) is 0 Å². The zero-order valence-electron chi connectivity index (χ0n) is 13.1. The fourth-order valence-electron chi connectivity index (χ4n) is 2.97. The highest BCUT2D eigenvalue weighted by molar-refractivity contribution is 7.13. The Balaban J connectivity index is 1.80. The Kier molecular flexibility index (Phi) is 3.85. The van der Waals surface area contributed by atoms with Crippen LogP contribution < -0.4 is 4.90 Å². The molecule has 0 atom stereocenters. The van der Waals surface area contributed by atoms with Gasteiger partial charge in [-0.3, -0.25) is 10.1 Å². The first-order valence-corrected chi connectivity index (χ1v) is 8.67. The molecule has 0 aliphatic carbocycles. The van der Waals surface area contributed by atoms with Crippen molar-refractivity contribution >= 4 is 17.2 Å². The molecule has 1 aliphatic rings. The molecule has 3 aromatic heterocycles. The van der Waals surface area contributed by atoms with E-state index in [9.17, 15) is 0 Å². The summed E-state index contributed by atoms with van der Waals surface area (Å²) in [5, 5.41) is 10.0. The molecule has 1 saturated heterocycles. The second kappa shape index (κ2) is 6.14. The van der Waals surface area contributed by atoms with Gasteiger partial charge in [-0.15, -0.1) is 11.3 Å². The van der Waals surface area contributed by atoms with Crippen LogP contribution in [0.15, 0.2) is 42.0 Å². The number of rotatable bonds is 3. The van der Waals surface area contributed by atoms with Crippen LogP contribution in [0, 0.1) is 0 Å². The molecule has 0 aromatic carbocycles. The predicted octanol–water partition coefficient (Wildman–Crippen LogP) is 2.95. The summed E-state index contributed by atoms with van der Waals surface area (Å²) in [4.78, 5) is 10.1. The highest BCUT2D eigenvalue weighted by Gasteiger charge is 2.24. The number of hydrogen-bond donors (Lipinski definition) is 1. The van der Waals surface area contributed by atoms with Gasteiger partial charge in [0.1, 0.15) is 0 Å². The van der Waals surface area contributed by atoms with Crippen molar-refractivity contribution in [3.05, 3.63) is 42.0 Å². The van der Waals surface area contributed by atoms with E-state index in [4.69, 9.17) is 0 Å². The van der Waals surface area contributed by atoms with Crippen LogP contribution in [0.1, 0.15) is 0 Å². The van der Waals surface area contributed by atoms with Crippen LogP contribution in [0.3, 0.4) is 0 Å². The topological polar surface area (TPSA) is 48.0 Å². The number of anilines is 1. The molecule has 1 N–H and O–H groups in total. The van der Waals surface area contributed by atoms with Gasteiger partial charge in [-0.1, -0.05) is 6.07 Å². The van der Waals surface area contributed by atoms with Gasteiger partial charge >= 0.3 is 0 Å². The summed E-state index contributed by atoms with van der Waals surface area (Å²) in [7, 11) is 2.17. The van der Waals surface area contributed by atoms with E-state index in [0.717, 1.165) is 43.3 Å². The minimum atomic E-state index is 1.00. The molecule has 0 radical (unpaired) electrons. The average Bonchev–Trinajstić information content (AvgIpc) is 3.25. The number of likely N-dealkylation sites (N-methyl/N-ethyl adjacent to an activating group) is 1. The molecular formula is C17H19N5S. The molecule has 4 heterocycles. The van der Waals surface area contributed by atoms with E-state index in [-0.39, 0.29) is 0 Å². The van der Waals surface area contributed by atoms with Crippen LogP contribution in [-0.4, -0.2) is 53.3 Å². The fraction of sp³-hybridized carbons (Fsp3) is 0.294. The number of thiophene rings is 1. The van der Waals surface area contributed by atoms with Gasteiger partial charge in [-0.05, 0) is 36.2 Å². The summed E-state index contributed by atoms with van der Waals surface area (Å²) < 4.78 is 0. The molecular weight excluding hydrogens is 306 g/mol. The van der Waals surface area contributed by atoms with Gasteiger partial charge in [0.05, 0.1) is 16.1 Å². The SMILES string of the molecule is CN1CCN(c2n[nH]c(-c3cccs3)c2-c2ccncc2)CC1. The molecule has 23 heavy (non-hydrogen) atoms. The lowest BCUT2D eigenvalue weighted by Gasteiger charge is -2.33. The van der Waals surface area contributed by atoms with E-state index in [2.05, 4.69) is 61.7 Å². The number of H-pyrrole nitrogens is 1. The third kappa shape index (κ3) is 2.75. The lowest BCUT2D eigenvalue weighted by Crippen LogP contribution is -2.44. The molecule has 6 heteroatoms. The summed E-state index contributed by atoms with van der Waals surface area (Å²) in [5.41, 5.74) is 3.44. The van der Waals surface area contributed by atoms with E-state index in [0.29, 0.717) is 0 Å². The second-order valence-corrected chi connectivity index (χ2v) is 6.75. The minimum Gasteiger partial charge on any atom is -0.352 e. The van der Waals surface area contributed by atoms with Gasteiger partial charge in [0.2, 0.25) is 0 Å². The summed E-state index contributed by atoms with van der Waals surface area (Å²) in [5.74, 6) is 1.05. The van der Waals surface area contributed by atoms with Gasteiger partial charge in [0.15, 0.2) is 5.82 Å². The van der Waals surface area contributed by atoms with Crippen molar-refractivity contribution in [3.63, 3.8) is 0 Å². The van der Waals surface area contributed by atoms with Gasteiger partial charge in [-0.2, -0.15) is 5.10 Å². The number of aromatic nitrogens is 3. The molecule has 3 aromatic rings. The molecule has 0 unspecified atom stereocenters. The first-order chi connectivity index (χ1) is 11.3. The normalized spacial score (nSPS) is 16.0. The Bertz CT molecular complexity index is 758. The van der Waals surface area contributed by atoms with E-state index in [1.807, 2.05) is 12.4 Å². The lowest BCUT2D eigenvalue weighted by molar-refractivity contribution is 0.312. The van der Waals surface area contributed by atoms with Crippen molar-refractivity contribution < 1.29 is 0 Å².